The maximum Gasteiger partial charge on any atom is 0.276 e. The first-order valence-corrected chi connectivity index (χ1v) is 9.85. The van der Waals surface area contributed by atoms with E-state index in [4.69, 9.17) is 4.74 Å². The fraction of sp³-hybridized carbons (Fsp3) is 0.318. The molecule has 1 aromatic heterocycles. The second-order valence-electron chi connectivity index (χ2n) is 7.29. The highest BCUT2D eigenvalue weighted by Gasteiger charge is 2.30. The van der Waals surface area contributed by atoms with E-state index in [2.05, 4.69) is 10.3 Å². The summed E-state index contributed by atoms with van der Waals surface area (Å²) in [5.41, 5.74) is 1.04. The molecule has 0 N–H and O–H groups in total. The quantitative estimate of drug-likeness (QED) is 0.636. The lowest BCUT2D eigenvalue weighted by Crippen LogP contribution is -2.38. The fourth-order valence-electron chi connectivity index (χ4n) is 3.84. The molecule has 0 radical (unpaired) electrons. The molecule has 2 aromatic carbocycles. The number of halogens is 2. The zero-order valence-electron chi connectivity index (χ0n) is 16.6. The van der Waals surface area contributed by atoms with Crippen molar-refractivity contribution in [3.63, 3.8) is 0 Å². The normalized spacial score (nSPS) is 16.5. The van der Waals surface area contributed by atoms with Crippen LogP contribution in [0.15, 0.2) is 48.7 Å². The lowest BCUT2D eigenvalue weighted by Gasteiger charge is -2.35. The molecule has 0 spiro atoms. The van der Waals surface area contributed by atoms with Gasteiger partial charge in [0.05, 0.1) is 25.9 Å². The second kappa shape index (κ2) is 8.61. The number of hydrogen-bond acceptors (Lipinski definition) is 4. The van der Waals surface area contributed by atoms with Gasteiger partial charge in [-0.05, 0) is 49.1 Å². The van der Waals surface area contributed by atoms with Crippen molar-refractivity contribution in [2.75, 3.05) is 13.7 Å². The average molecular weight is 412 g/mol. The number of rotatable bonds is 5. The third-order valence-corrected chi connectivity index (χ3v) is 5.38. The first-order valence-electron chi connectivity index (χ1n) is 9.85. The number of methoxy groups -OCH3 is 1. The Hall–Kier alpha value is -3.29. The molecule has 2 heterocycles. The number of carbonyl (C=O) groups excluding carboxylic acids is 1. The van der Waals surface area contributed by atoms with E-state index in [1.165, 1.54) is 29.1 Å². The van der Waals surface area contributed by atoms with Gasteiger partial charge in [-0.25, -0.2) is 13.5 Å². The van der Waals surface area contributed by atoms with E-state index >= 15 is 0 Å². The van der Waals surface area contributed by atoms with Crippen molar-refractivity contribution in [3.8, 4) is 5.75 Å². The Morgan fingerprint density at radius 3 is 2.70 bits per heavy atom. The smallest absolute Gasteiger partial charge is 0.276 e. The predicted octanol–water partition coefficient (Wildman–Crippen LogP) is 3.98. The van der Waals surface area contributed by atoms with E-state index in [-0.39, 0.29) is 29.8 Å². The molecule has 0 saturated carbocycles. The van der Waals surface area contributed by atoms with E-state index in [9.17, 15) is 13.6 Å². The highest BCUT2D eigenvalue weighted by molar-refractivity contribution is 5.92. The molecule has 1 amide bonds. The number of carbonyl (C=O) groups is 1. The summed E-state index contributed by atoms with van der Waals surface area (Å²) in [6.07, 6.45) is 4.20. The summed E-state index contributed by atoms with van der Waals surface area (Å²) < 4.78 is 34.4. The van der Waals surface area contributed by atoms with Crippen molar-refractivity contribution in [3.05, 3.63) is 77.1 Å². The molecule has 6 nitrogen and oxygen atoms in total. The number of nitrogens with zero attached hydrogens (tertiary/aromatic N) is 4. The molecule has 0 bridgehead atoms. The number of aromatic nitrogens is 3. The lowest BCUT2D eigenvalue weighted by atomic mass is 9.94. The minimum atomic E-state index is -0.660. The van der Waals surface area contributed by atoms with E-state index in [0.717, 1.165) is 30.6 Å². The molecular formula is C22H22F2N4O2. The number of piperidine rings is 1. The minimum absolute atomic E-state index is 0.0875. The molecule has 4 rings (SSSR count). The van der Waals surface area contributed by atoms with Gasteiger partial charge in [-0.2, -0.15) is 0 Å². The average Bonchev–Trinajstić information content (AvgIpc) is 3.24. The lowest BCUT2D eigenvalue weighted by molar-refractivity contribution is 0.0605. The van der Waals surface area contributed by atoms with Crippen LogP contribution in [0.25, 0.3) is 0 Å². The van der Waals surface area contributed by atoms with Crippen LogP contribution in [0.3, 0.4) is 0 Å². The zero-order chi connectivity index (χ0) is 21.1. The highest BCUT2D eigenvalue weighted by Crippen LogP contribution is 2.33. The number of benzene rings is 2. The summed E-state index contributed by atoms with van der Waals surface area (Å²) in [7, 11) is 1.61. The van der Waals surface area contributed by atoms with Gasteiger partial charge >= 0.3 is 0 Å². The van der Waals surface area contributed by atoms with Crippen LogP contribution in [0.4, 0.5) is 8.78 Å². The van der Waals surface area contributed by atoms with Gasteiger partial charge in [-0.15, -0.1) is 5.10 Å². The predicted molar refractivity (Wildman–Crippen MR) is 106 cm³/mol. The molecule has 1 unspecified atom stereocenters. The first-order chi connectivity index (χ1) is 14.6. The number of amides is 1. The second-order valence-corrected chi connectivity index (χ2v) is 7.29. The van der Waals surface area contributed by atoms with Crippen LogP contribution in [0, 0.1) is 11.6 Å². The van der Waals surface area contributed by atoms with E-state index < -0.39 is 11.6 Å². The van der Waals surface area contributed by atoms with Crippen molar-refractivity contribution in [1.29, 1.82) is 0 Å². The van der Waals surface area contributed by atoms with Crippen LogP contribution in [0.1, 0.15) is 46.9 Å². The van der Waals surface area contributed by atoms with E-state index in [0.29, 0.717) is 6.54 Å². The maximum absolute atomic E-state index is 13.9. The summed E-state index contributed by atoms with van der Waals surface area (Å²) in [5.74, 6) is -0.828. The molecule has 1 atom stereocenters. The summed E-state index contributed by atoms with van der Waals surface area (Å²) >= 11 is 0. The Bertz CT molecular complexity index is 1030. The molecule has 0 aliphatic carbocycles. The summed E-state index contributed by atoms with van der Waals surface area (Å²) in [5, 5.41) is 7.86. The molecule has 1 aliphatic rings. The number of likely N-dealkylation sites (tertiary alicyclic amines) is 1. The first kappa shape index (κ1) is 20.0. The fourth-order valence-corrected chi connectivity index (χ4v) is 3.84. The van der Waals surface area contributed by atoms with Gasteiger partial charge in [-0.3, -0.25) is 4.79 Å². The van der Waals surface area contributed by atoms with Crippen LogP contribution in [0.2, 0.25) is 0 Å². The molecule has 1 aliphatic heterocycles. The van der Waals surface area contributed by atoms with E-state index in [1.54, 1.807) is 12.0 Å². The molecule has 156 valence electrons. The summed E-state index contributed by atoms with van der Waals surface area (Å²) in [4.78, 5) is 15.0. The number of ether oxygens (including phenoxy) is 1. The van der Waals surface area contributed by atoms with Crippen molar-refractivity contribution >= 4 is 5.91 Å². The minimum Gasteiger partial charge on any atom is -0.497 e. The van der Waals surface area contributed by atoms with Gasteiger partial charge in [0.2, 0.25) is 0 Å². The summed E-state index contributed by atoms with van der Waals surface area (Å²) in [6, 6.07) is 11.3. The van der Waals surface area contributed by atoms with Crippen LogP contribution in [0.5, 0.6) is 5.75 Å². The Labute approximate surface area is 173 Å². The topological polar surface area (TPSA) is 60.2 Å². The molecule has 1 fully saturated rings. The van der Waals surface area contributed by atoms with Gasteiger partial charge in [0, 0.05) is 12.1 Å². The van der Waals surface area contributed by atoms with Crippen LogP contribution in [-0.4, -0.2) is 39.5 Å². The van der Waals surface area contributed by atoms with Crippen LogP contribution >= 0.6 is 0 Å². The van der Waals surface area contributed by atoms with Gasteiger partial charge in [-0.1, -0.05) is 23.4 Å². The van der Waals surface area contributed by atoms with Gasteiger partial charge < -0.3 is 9.64 Å². The van der Waals surface area contributed by atoms with Gasteiger partial charge in [0.25, 0.3) is 5.91 Å². The van der Waals surface area contributed by atoms with Crippen molar-refractivity contribution in [2.24, 2.45) is 0 Å². The van der Waals surface area contributed by atoms with Gasteiger partial charge in [0.15, 0.2) is 5.69 Å². The monoisotopic (exact) mass is 412 g/mol. The Morgan fingerprint density at radius 2 is 1.93 bits per heavy atom. The Balaban J connectivity index is 1.56. The molecule has 8 heteroatoms. The van der Waals surface area contributed by atoms with E-state index in [1.807, 2.05) is 24.3 Å². The van der Waals surface area contributed by atoms with Crippen molar-refractivity contribution in [2.45, 2.75) is 31.8 Å². The van der Waals surface area contributed by atoms with Crippen LogP contribution in [-0.2, 0) is 6.54 Å². The molecule has 3 aromatic rings. The SMILES string of the molecule is COc1cccc(C2CCCCN2C(=O)c2cn(Cc3c(F)cccc3F)nn2)c1. The van der Waals surface area contributed by atoms with Crippen molar-refractivity contribution in [1.82, 2.24) is 19.9 Å². The molecule has 1 saturated heterocycles. The molecule has 30 heavy (non-hydrogen) atoms. The Kier molecular flexibility index (Phi) is 5.74. The molecular weight excluding hydrogens is 390 g/mol. The highest BCUT2D eigenvalue weighted by atomic mass is 19.1. The number of hydrogen-bond donors (Lipinski definition) is 0. The summed E-state index contributed by atoms with van der Waals surface area (Å²) in [6.45, 7) is 0.466. The maximum atomic E-state index is 13.9. The Morgan fingerprint density at radius 1 is 1.17 bits per heavy atom. The largest absolute Gasteiger partial charge is 0.497 e. The van der Waals surface area contributed by atoms with Crippen LogP contribution < -0.4 is 4.74 Å². The standard InChI is InChI=1S/C22H22F2N4O2/c1-30-16-7-4-6-15(12-16)21-10-2-3-11-28(21)22(29)20-14-27(26-25-20)13-17-18(23)8-5-9-19(17)24/h4-9,12,14,21H,2-3,10-11,13H2,1H3. The zero-order valence-corrected chi connectivity index (χ0v) is 16.6. The van der Waals surface area contributed by atoms with Crippen molar-refractivity contribution < 1.29 is 18.3 Å². The third-order valence-electron chi connectivity index (χ3n) is 5.38. The third kappa shape index (κ3) is 4.03. The van der Waals surface area contributed by atoms with Gasteiger partial charge in [0.1, 0.15) is 17.4 Å².